The van der Waals surface area contributed by atoms with Crippen molar-refractivity contribution in [2.75, 3.05) is 14.7 Å². The Morgan fingerprint density at radius 1 is 0.288 bits per heavy atom. The van der Waals surface area contributed by atoms with Gasteiger partial charge in [-0.1, -0.05) is 71.8 Å². The van der Waals surface area contributed by atoms with Crippen LogP contribution in [-0.2, 0) is 0 Å². The molecule has 0 atom stereocenters. The first-order valence-corrected chi connectivity index (χ1v) is 26.1. The summed E-state index contributed by atoms with van der Waals surface area (Å²) in [5.74, 6) is 0. The lowest BCUT2D eigenvalue weighted by atomic mass is 10.0. The molecule has 14 aromatic rings. The number of rotatable bonds is 10. The van der Waals surface area contributed by atoms with Crippen LogP contribution in [0.4, 0.5) is 51.2 Å². The molecule has 0 unspecified atom stereocenters. The minimum atomic E-state index is 0.862. The summed E-state index contributed by atoms with van der Waals surface area (Å²) in [6, 6.07) is 81.6. The lowest BCUT2D eigenvalue weighted by Gasteiger charge is -2.26. The number of anilines is 9. The summed E-state index contributed by atoms with van der Waals surface area (Å²) in [6.45, 7) is 4.30. The van der Waals surface area contributed by atoms with Gasteiger partial charge < -0.3 is 23.5 Å². The van der Waals surface area contributed by atoms with Crippen molar-refractivity contribution in [3.63, 3.8) is 0 Å². The van der Waals surface area contributed by atoms with Crippen LogP contribution in [0.5, 0.6) is 0 Å². The summed E-state index contributed by atoms with van der Waals surface area (Å²) in [7, 11) is 0. The number of furan rings is 2. The smallest absolute Gasteiger partial charge is 0.133 e. The highest BCUT2D eigenvalue weighted by Gasteiger charge is 2.21. The van der Waals surface area contributed by atoms with E-state index >= 15 is 0 Å². The number of benzene rings is 10. The van der Waals surface area contributed by atoms with Crippen molar-refractivity contribution in [3.8, 4) is 11.1 Å². The molecule has 0 aliphatic heterocycles. The number of thiophene rings is 2. The Morgan fingerprint density at radius 3 is 1.11 bits per heavy atom. The number of nitrogens with zero attached hydrogens (tertiary/aromatic N) is 3. The van der Waals surface area contributed by atoms with Crippen molar-refractivity contribution in [2.45, 2.75) is 13.8 Å². The van der Waals surface area contributed by atoms with Gasteiger partial charge in [-0.2, -0.15) is 0 Å². The van der Waals surface area contributed by atoms with E-state index < -0.39 is 0 Å². The van der Waals surface area contributed by atoms with Gasteiger partial charge in [0.2, 0.25) is 0 Å². The van der Waals surface area contributed by atoms with E-state index in [9.17, 15) is 0 Å². The van der Waals surface area contributed by atoms with Crippen LogP contribution in [0.3, 0.4) is 0 Å². The van der Waals surface area contributed by atoms with Gasteiger partial charge in [-0.25, -0.2) is 0 Å². The average molecular weight is 976 g/mol. The lowest BCUT2D eigenvalue weighted by molar-refractivity contribution is 0.615. The number of hydrogen-bond acceptors (Lipinski definition) is 7. The van der Waals surface area contributed by atoms with Gasteiger partial charge in [0.15, 0.2) is 0 Å². The summed E-state index contributed by atoms with van der Waals surface area (Å²) in [5.41, 5.74) is 16.3. The summed E-state index contributed by atoms with van der Waals surface area (Å²) >= 11 is 3.69. The summed E-state index contributed by atoms with van der Waals surface area (Å²) in [5, 5.41) is 7.10. The molecule has 0 aliphatic carbocycles. The Bertz CT molecular complexity index is 4360. The van der Waals surface area contributed by atoms with E-state index in [2.05, 4.69) is 241 Å². The van der Waals surface area contributed by atoms with E-state index in [-0.39, 0.29) is 0 Å². The number of fused-ring (bicyclic) bond motifs is 8. The van der Waals surface area contributed by atoms with E-state index in [1.165, 1.54) is 51.5 Å². The molecule has 14 rings (SSSR count). The molecule has 0 spiro atoms. The Hall–Kier alpha value is -8.88. The van der Waals surface area contributed by atoms with E-state index in [0.29, 0.717) is 0 Å². The SMILES string of the molecule is Cc1ccc(N(c2ccccc2)c2ccc(-c3ccc(N(c4ccc5occc5c4)c4ccc5sc6ccc(N(c7ccc8occc8c7)c7ccc8sc9ccc(C)cc9c8c7)cc6c5c4)cc3)cc2)cc1. The quantitative estimate of drug-likeness (QED) is 0.136. The molecular weight excluding hydrogens is 931 g/mol. The predicted octanol–water partition coefficient (Wildman–Crippen LogP) is 20.6. The molecule has 10 aromatic carbocycles. The summed E-state index contributed by atoms with van der Waals surface area (Å²) < 4.78 is 16.7. The highest BCUT2D eigenvalue weighted by atomic mass is 32.1. The van der Waals surface area contributed by atoms with Crippen LogP contribution in [0.15, 0.2) is 246 Å². The first kappa shape index (κ1) is 43.0. The molecule has 0 aliphatic rings. The molecule has 0 fully saturated rings. The van der Waals surface area contributed by atoms with Crippen molar-refractivity contribution in [1.82, 2.24) is 0 Å². The summed E-state index contributed by atoms with van der Waals surface area (Å²) in [6.07, 6.45) is 3.53. The van der Waals surface area contributed by atoms with Crippen LogP contribution >= 0.6 is 22.7 Å². The molecule has 0 bridgehead atoms. The number of hydrogen-bond donors (Lipinski definition) is 0. The molecule has 0 radical (unpaired) electrons. The standard InChI is InChI=1S/C66H45N3O2S2/c1-42-8-15-49(16-9-42)67(48-6-4-3-5-7-48)50-17-11-44(12-18-50)45-13-19-51(20-14-45)68(52-21-26-61-46(37-52)32-34-70-61)54-23-29-65-59(39-54)60-41-56(25-31-66(60)73-65)69(53-22-27-62-47(38-53)33-35-71-62)55-24-30-64-58(40-55)57-36-43(2)10-28-63(57)72-64/h3-41H,1-2H3. The fraction of sp³-hybridized carbons (Fsp3) is 0.0303. The normalized spacial score (nSPS) is 11.7. The lowest BCUT2D eigenvalue weighted by Crippen LogP contribution is -2.10. The molecule has 0 N–H and O–H groups in total. The Balaban J connectivity index is 0.857. The van der Waals surface area contributed by atoms with Crippen LogP contribution in [0.2, 0.25) is 0 Å². The van der Waals surface area contributed by atoms with Gasteiger partial charge in [0.25, 0.3) is 0 Å². The van der Waals surface area contributed by atoms with Gasteiger partial charge in [0.1, 0.15) is 11.2 Å². The minimum Gasteiger partial charge on any atom is -0.464 e. The zero-order valence-corrected chi connectivity index (χ0v) is 41.6. The second kappa shape index (κ2) is 17.5. The molecule has 4 aromatic heterocycles. The van der Waals surface area contributed by atoms with Crippen molar-refractivity contribution in [2.24, 2.45) is 0 Å². The predicted molar refractivity (Wildman–Crippen MR) is 311 cm³/mol. The van der Waals surface area contributed by atoms with Crippen molar-refractivity contribution < 1.29 is 8.83 Å². The van der Waals surface area contributed by atoms with Gasteiger partial charge >= 0.3 is 0 Å². The third-order valence-corrected chi connectivity index (χ3v) is 16.4. The Labute approximate surface area is 430 Å². The molecular formula is C66H45N3O2S2. The van der Waals surface area contributed by atoms with Crippen LogP contribution in [0.1, 0.15) is 11.1 Å². The molecule has 73 heavy (non-hydrogen) atoms. The molecule has 7 heteroatoms. The largest absolute Gasteiger partial charge is 0.464 e. The Kier molecular flexibility index (Phi) is 10.3. The zero-order chi connectivity index (χ0) is 48.6. The first-order chi connectivity index (χ1) is 35.9. The van der Waals surface area contributed by atoms with Gasteiger partial charge in [-0.05, 0) is 189 Å². The third kappa shape index (κ3) is 7.69. The van der Waals surface area contributed by atoms with Gasteiger partial charge in [-0.15, -0.1) is 22.7 Å². The third-order valence-electron chi connectivity index (χ3n) is 14.1. The first-order valence-electron chi connectivity index (χ1n) is 24.5. The Morgan fingerprint density at radius 2 is 0.630 bits per heavy atom. The topological polar surface area (TPSA) is 36.0 Å². The maximum atomic E-state index is 5.83. The maximum Gasteiger partial charge on any atom is 0.133 e. The highest BCUT2D eigenvalue weighted by Crippen LogP contribution is 2.46. The average Bonchev–Trinajstić information content (AvgIpc) is 4.25. The second-order valence-corrected chi connectivity index (χ2v) is 21.0. The van der Waals surface area contributed by atoms with Crippen molar-refractivity contribution in [1.29, 1.82) is 0 Å². The monoisotopic (exact) mass is 975 g/mol. The van der Waals surface area contributed by atoms with E-state index in [1.807, 2.05) is 34.8 Å². The molecule has 5 nitrogen and oxygen atoms in total. The molecule has 0 amide bonds. The minimum absolute atomic E-state index is 0.862. The van der Waals surface area contributed by atoms with Gasteiger partial charge in [-0.3, -0.25) is 0 Å². The molecule has 4 heterocycles. The van der Waals surface area contributed by atoms with Crippen LogP contribution in [0.25, 0.3) is 73.4 Å². The van der Waals surface area contributed by atoms with E-state index in [4.69, 9.17) is 8.83 Å². The van der Waals surface area contributed by atoms with E-state index in [0.717, 1.165) is 84.3 Å². The molecule has 348 valence electrons. The maximum absolute atomic E-state index is 5.83. The summed E-state index contributed by atoms with van der Waals surface area (Å²) in [4.78, 5) is 7.06. The van der Waals surface area contributed by atoms with Gasteiger partial charge in [0, 0.05) is 102 Å². The van der Waals surface area contributed by atoms with Crippen molar-refractivity contribution in [3.05, 3.63) is 248 Å². The number of para-hydroxylation sites is 1. The zero-order valence-electron chi connectivity index (χ0n) is 40.0. The fourth-order valence-electron chi connectivity index (χ4n) is 10.5. The fourth-order valence-corrected chi connectivity index (χ4v) is 12.6. The van der Waals surface area contributed by atoms with Gasteiger partial charge in [0.05, 0.1) is 12.5 Å². The highest BCUT2D eigenvalue weighted by molar-refractivity contribution is 7.26. The molecule has 0 saturated heterocycles. The van der Waals surface area contributed by atoms with Crippen LogP contribution in [0, 0.1) is 13.8 Å². The second-order valence-electron chi connectivity index (χ2n) is 18.8. The van der Waals surface area contributed by atoms with Crippen LogP contribution < -0.4 is 14.7 Å². The van der Waals surface area contributed by atoms with Crippen molar-refractivity contribution >= 4 is 136 Å². The number of aryl methyl sites for hydroxylation is 2. The van der Waals surface area contributed by atoms with Crippen LogP contribution in [-0.4, -0.2) is 0 Å². The van der Waals surface area contributed by atoms with E-state index in [1.54, 1.807) is 12.5 Å². The molecule has 0 saturated carbocycles.